The zero-order valence-electron chi connectivity index (χ0n) is 17.8. The van der Waals surface area contributed by atoms with Crippen LogP contribution in [0.4, 0.5) is 0 Å². The van der Waals surface area contributed by atoms with Crippen LogP contribution in [0.15, 0.2) is 58.1 Å². The maximum Gasteiger partial charge on any atom is 0.330 e. The number of sulfonamides is 1. The summed E-state index contributed by atoms with van der Waals surface area (Å²) in [7, 11) is 0.0847. The van der Waals surface area contributed by atoms with Gasteiger partial charge in [0.25, 0.3) is 0 Å². The highest BCUT2D eigenvalue weighted by Crippen LogP contribution is 2.38. The highest BCUT2D eigenvalue weighted by Gasteiger charge is 2.31. The Morgan fingerprint density at radius 1 is 1.00 bits per heavy atom. The van der Waals surface area contributed by atoms with Gasteiger partial charge < -0.3 is 14.2 Å². The lowest BCUT2D eigenvalue weighted by Gasteiger charge is -2.23. The van der Waals surface area contributed by atoms with Crippen LogP contribution in [0.2, 0.25) is 0 Å². The Kier molecular flexibility index (Phi) is 8.08. The topological polar surface area (TPSA) is 82.1 Å². The summed E-state index contributed by atoms with van der Waals surface area (Å²) in [5, 5.41) is 3.82. The second-order valence-electron chi connectivity index (χ2n) is 6.54. The van der Waals surface area contributed by atoms with Crippen molar-refractivity contribution in [2.24, 2.45) is 0 Å². The number of methoxy groups -OCH3 is 3. The molecule has 0 unspecified atom stereocenters. The van der Waals surface area contributed by atoms with Crippen molar-refractivity contribution in [2.75, 3.05) is 21.3 Å². The molecule has 2 heterocycles. The van der Waals surface area contributed by atoms with Crippen molar-refractivity contribution in [3.05, 3.63) is 68.6 Å². The summed E-state index contributed by atoms with van der Waals surface area (Å²) in [4.78, 5) is 13.3. The van der Waals surface area contributed by atoms with Crippen molar-refractivity contribution in [1.29, 1.82) is 0 Å². The third kappa shape index (κ3) is 5.57. The first-order valence-electron chi connectivity index (χ1n) is 9.46. The van der Waals surface area contributed by atoms with Crippen molar-refractivity contribution < 1.29 is 27.4 Å². The predicted molar refractivity (Wildman–Crippen MR) is 126 cm³/mol. The van der Waals surface area contributed by atoms with Crippen molar-refractivity contribution in [1.82, 2.24) is 4.31 Å². The van der Waals surface area contributed by atoms with E-state index in [9.17, 15) is 13.2 Å². The van der Waals surface area contributed by atoms with Gasteiger partial charge in [-0.1, -0.05) is 12.1 Å². The largest absolute Gasteiger partial charge is 0.493 e. The smallest absolute Gasteiger partial charge is 0.330 e. The molecule has 0 spiro atoms. The maximum absolute atomic E-state index is 13.9. The summed E-state index contributed by atoms with van der Waals surface area (Å²) < 4.78 is 44.6. The van der Waals surface area contributed by atoms with Crippen LogP contribution in [0.1, 0.15) is 15.3 Å². The molecular weight excluding hydrogens is 470 g/mol. The van der Waals surface area contributed by atoms with Gasteiger partial charge in [-0.2, -0.15) is 4.31 Å². The Morgan fingerprint density at radius 2 is 1.62 bits per heavy atom. The van der Waals surface area contributed by atoms with Gasteiger partial charge in [-0.15, -0.1) is 22.7 Å². The molecule has 7 nitrogen and oxygen atoms in total. The fraction of sp³-hybridized carbons (Fsp3) is 0.227. The first-order valence-corrected chi connectivity index (χ1v) is 12.7. The molecule has 0 fully saturated rings. The Morgan fingerprint density at radius 3 is 2.09 bits per heavy atom. The molecule has 0 saturated carbocycles. The molecular formula is C22H23NO6S3. The number of nitrogens with zero attached hydrogens (tertiary/aromatic N) is 1. The van der Waals surface area contributed by atoms with E-state index < -0.39 is 16.0 Å². The third-order valence-corrected chi connectivity index (χ3v) is 8.04. The summed E-state index contributed by atoms with van der Waals surface area (Å²) in [6, 6.07) is 10.6. The molecule has 2 aromatic heterocycles. The van der Waals surface area contributed by atoms with E-state index in [1.165, 1.54) is 66.5 Å². The molecule has 3 rings (SSSR count). The summed E-state index contributed by atoms with van der Waals surface area (Å²) in [5.74, 6) is -0.212. The van der Waals surface area contributed by atoms with Crippen LogP contribution < -0.4 is 9.47 Å². The molecule has 0 aliphatic heterocycles. The standard InChI is InChI=1S/C22H23NO6S3/c1-27-19-12-16(8-9-21(24)28-2)13-20(22(19)29-3)32(25,26)23(14-17-6-4-10-30-17)15-18-7-5-11-31-18/h4-13H,14-15H2,1-3H3/b9-8+. The minimum Gasteiger partial charge on any atom is -0.493 e. The minimum atomic E-state index is -4.00. The maximum atomic E-state index is 13.9. The lowest BCUT2D eigenvalue weighted by Crippen LogP contribution is -2.30. The second-order valence-corrected chi connectivity index (χ2v) is 10.5. The Balaban J connectivity index is 2.11. The van der Waals surface area contributed by atoms with Crippen LogP contribution >= 0.6 is 22.7 Å². The quantitative estimate of drug-likeness (QED) is 0.308. The van der Waals surface area contributed by atoms with Crippen molar-refractivity contribution in [3.8, 4) is 11.5 Å². The van der Waals surface area contributed by atoms with Crippen molar-refractivity contribution >= 4 is 44.7 Å². The van der Waals surface area contributed by atoms with Crippen molar-refractivity contribution in [2.45, 2.75) is 18.0 Å². The molecule has 1 aromatic carbocycles. The number of carbonyl (C=O) groups excluding carboxylic acids is 1. The number of hydrogen-bond donors (Lipinski definition) is 0. The Bertz CT molecular complexity index is 1130. The second kappa shape index (κ2) is 10.8. The van der Waals surface area contributed by atoms with Gasteiger partial charge in [-0.25, -0.2) is 13.2 Å². The van der Waals surface area contributed by atoms with Gasteiger partial charge in [0.1, 0.15) is 4.90 Å². The SMILES string of the molecule is COC(=O)/C=C/c1cc(OC)c(OC)c(S(=O)(=O)N(Cc2cccs2)Cc2cccs2)c1. The van der Waals surface area contributed by atoms with E-state index in [0.29, 0.717) is 5.56 Å². The Labute approximate surface area is 195 Å². The lowest BCUT2D eigenvalue weighted by atomic mass is 10.2. The van der Waals surface area contributed by atoms with Crippen LogP contribution in [0.25, 0.3) is 6.08 Å². The van der Waals surface area contributed by atoms with E-state index in [4.69, 9.17) is 9.47 Å². The summed E-state index contributed by atoms with van der Waals surface area (Å²) >= 11 is 2.98. The van der Waals surface area contributed by atoms with E-state index in [2.05, 4.69) is 4.74 Å². The van der Waals surface area contributed by atoms with E-state index >= 15 is 0 Å². The molecule has 0 amide bonds. The molecule has 10 heteroatoms. The van der Waals surface area contributed by atoms with Gasteiger partial charge in [0.2, 0.25) is 10.0 Å². The van der Waals surface area contributed by atoms with E-state index in [-0.39, 0.29) is 29.5 Å². The third-order valence-electron chi connectivity index (χ3n) is 4.52. The average molecular weight is 494 g/mol. The number of benzene rings is 1. The number of esters is 1. The van der Waals surface area contributed by atoms with Gasteiger partial charge in [0.05, 0.1) is 21.3 Å². The average Bonchev–Trinajstić information content (AvgIpc) is 3.50. The van der Waals surface area contributed by atoms with Crippen molar-refractivity contribution in [3.63, 3.8) is 0 Å². The van der Waals surface area contributed by atoms with Crippen LogP contribution in [0, 0.1) is 0 Å². The summed E-state index contributed by atoms with van der Waals surface area (Å²) in [6.07, 6.45) is 2.68. The first-order chi connectivity index (χ1) is 15.4. The highest BCUT2D eigenvalue weighted by atomic mass is 32.2. The van der Waals surface area contributed by atoms with E-state index in [1.807, 2.05) is 35.0 Å². The summed E-state index contributed by atoms with van der Waals surface area (Å²) in [6.45, 7) is 0.428. The highest BCUT2D eigenvalue weighted by molar-refractivity contribution is 7.89. The van der Waals surface area contributed by atoms with Crippen LogP contribution in [-0.4, -0.2) is 40.0 Å². The zero-order valence-corrected chi connectivity index (χ0v) is 20.3. The molecule has 3 aromatic rings. The molecule has 0 bridgehead atoms. The van der Waals surface area contributed by atoms with Gasteiger partial charge in [-0.05, 0) is 46.7 Å². The van der Waals surface area contributed by atoms with E-state index in [0.717, 1.165) is 9.75 Å². The molecule has 0 aliphatic rings. The molecule has 0 atom stereocenters. The fourth-order valence-electron chi connectivity index (χ4n) is 2.99. The normalized spacial score (nSPS) is 11.8. The van der Waals surface area contributed by atoms with Gasteiger partial charge in [0.15, 0.2) is 11.5 Å². The number of rotatable bonds is 10. The molecule has 0 N–H and O–H groups in total. The monoisotopic (exact) mass is 493 g/mol. The molecule has 0 radical (unpaired) electrons. The lowest BCUT2D eigenvalue weighted by molar-refractivity contribution is -0.134. The van der Waals surface area contributed by atoms with Crippen LogP contribution in [0.5, 0.6) is 11.5 Å². The zero-order chi connectivity index (χ0) is 23.1. The fourth-order valence-corrected chi connectivity index (χ4v) is 6.19. The minimum absolute atomic E-state index is 0.0445. The number of ether oxygens (including phenoxy) is 3. The molecule has 0 saturated heterocycles. The predicted octanol–water partition coefficient (Wildman–Crippen LogP) is 4.40. The number of carbonyl (C=O) groups is 1. The van der Waals surface area contributed by atoms with Gasteiger partial charge >= 0.3 is 5.97 Å². The molecule has 170 valence electrons. The van der Waals surface area contributed by atoms with Crippen LogP contribution in [0.3, 0.4) is 0 Å². The summed E-state index contributed by atoms with van der Waals surface area (Å²) in [5.41, 5.74) is 0.457. The van der Waals surface area contributed by atoms with E-state index in [1.54, 1.807) is 6.07 Å². The van der Waals surface area contributed by atoms with Gasteiger partial charge in [-0.3, -0.25) is 0 Å². The Hall–Kier alpha value is -2.66. The van der Waals surface area contributed by atoms with Crippen LogP contribution in [-0.2, 0) is 32.6 Å². The first kappa shape index (κ1) is 24.0. The molecule has 0 aliphatic carbocycles. The number of hydrogen-bond acceptors (Lipinski definition) is 8. The van der Waals surface area contributed by atoms with Gasteiger partial charge in [0, 0.05) is 28.9 Å². The number of thiophene rings is 2. The molecule has 32 heavy (non-hydrogen) atoms.